The average molecular weight is 573 g/mol. The zero-order valence-electron chi connectivity index (χ0n) is 23.8. The Labute approximate surface area is 227 Å². The smallest absolute Gasteiger partial charge is 0.349 e. The molecule has 0 aliphatic heterocycles. The van der Waals surface area contributed by atoms with Crippen molar-refractivity contribution >= 4 is 54.2 Å². The van der Waals surface area contributed by atoms with E-state index in [9.17, 15) is 0 Å². The van der Waals surface area contributed by atoms with Crippen LogP contribution >= 0.6 is 7.92 Å². The van der Waals surface area contributed by atoms with Crippen molar-refractivity contribution in [2.45, 2.75) is 45.8 Å². The van der Waals surface area contributed by atoms with Crippen LogP contribution in [0.3, 0.4) is 0 Å². The number of benzene rings is 3. The van der Waals surface area contributed by atoms with Gasteiger partial charge in [0, 0.05) is 5.19 Å². The third kappa shape index (κ3) is 7.79. The highest BCUT2D eigenvalue weighted by Gasteiger charge is 2.45. The van der Waals surface area contributed by atoms with Gasteiger partial charge in [0.25, 0.3) is 0 Å². The minimum Gasteiger partial charge on any atom is -0.497 e. The van der Waals surface area contributed by atoms with Crippen LogP contribution in [0.15, 0.2) is 66.7 Å². The molecule has 0 bridgehead atoms. The fraction of sp³-hybridized carbons (Fsp3) is 0.357. The topological polar surface area (TPSA) is 46.2 Å². The Morgan fingerprint density at radius 1 is 0.514 bits per heavy atom. The maximum Gasteiger partial charge on any atom is 0.349 e. The molecule has 0 aliphatic rings. The predicted octanol–water partition coefficient (Wildman–Crippen LogP) is 5.45. The summed E-state index contributed by atoms with van der Waals surface area (Å²) in [5.74, 6) is 2.49. The van der Waals surface area contributed by atoms with E-state index in [-0.39, 0.29) is 0 Å². The van der Waals surface area contributed by atoms with Crippen LogP contribution in [0.2, 0.25) is 45.8 Å². The van der Waals surface area contributed by atoms with Gasteiger partial charge >= 0.3 is 8.56 Å². The molecule has 0 aromatic heterocycles. The van der Waals surface area contributed by atoms with Crippen molar-refractivity contribution in [3.8, 4) is 17.2 Å². The van der Waals surface area contributed by atoms with Gasteiger partial charge in [0.2, 0.25) is 0 Å². The van der Waals surface area contributed by atoms with Crippen molar-refractivity contribution < 1.29 is 22.4 Å². The molecule has 9 heteroatoms. The van der Waals surface area contributed by atoms with Crippen molar-refractivity contribution in [2.75, 3.05) is 21.3 Å². The van der Waals surface area contributed by atoms with Gasteiger partial charge in [0.1, 0.15) is 17.2 Å². The van der Waals surface area contributed by atoms with Crippen LogP contribution in [-0.2, 0) is 8.23 Å². The van der Waals surface area contributed by atoms with E-state index in [1.165, 1.54) is 15.9 Å². The molecule has 0 aliphatic carbocycles. The fourth-order valence-corrected chi connectivity index (χ4v) is 19.3. The number of ether oxygens (including phenoxy) is 3. The zero-order chi connectivity index (χ0) is 27.4. The number of hydrogen-bond acceptors (Lipinski definition) is 5. The summed E-state index contributed by atoms with van der Waals surface area (Å²) in [6.45, 7) is 15.6. The van der Waals surface area contributed by atoms with Crippen LogP contribution < -0.4 is 35.3 Å². The van der Waals surface area contributed by atoms with Crippen LogP contribution in [0.4, 0.5) is 0 Å². The lowest BCUT2D eigenvalue weighted by Gasteiger charge is -2.40. The van der Waals surface area contributed by atoms with Crippen molar-refractivity contribution in [1.82, 2.24) is 0 Å². The standard InChI is InChI=1S/C28H41O5PSi3/c1-29-22-11-16-25(17-12-22)34(26-18-13-23(30-2)14-19-26)27-20-15-24(31-3)21-28(27)37(10,32-35(4,5)6)33-36(7,8)9/h11-21H,1-10H3. The first-order valence-electron chi connectivity index (χ1n) is 12.5. The molecular weight excluding hydrogens is 532 g/mol. The lowest BCUT2D eigenvalue weighted by Crippen LogP contribution is -2.63. The van der Waals surface area contributed by atoms with Gasteiger partial charge in [-0.05, 0) is 106 Å². The molecule has 0 heterocycles. The summed E-state index contributed by atoms with van der Waals surface area (Å²) in [4.78, 5) is 0. The Morgan fingerprint density at radius 3 is 1.24 bits per heavy atom. The van der Waals surface area contributed by atoms with Gasteiger partial charge in [-0.2, -0.15) is 0 Å². The van der Waals surface area contributed by atoms with E-state index in [1.807, 2.05) is 24.3 Å². The SMILES string of the molecule is COc1ccc(P(c2ccc(OC)cc2)c2ccc(OC)cc2[Si](C)(O[Si](C)(C)C)O[Si](C)(C)C)cc1. The maximum atomic E-state index is 7.03. The van der Waals surface area contributed by atoms with Crippen molar-refractivity contribution in [2.24, 2.45) is 0 Å². The Kier molecular flexibility index (Phi) is 9.48. The summed E-state index contributed by atoms with van der Waals surface area (Å²) < 4.78 is 30.7. The monoisotopic (exact) mass is 572 g/mol. The van der Waals surface area contributed by atoms with Crippen LogP contribution in [0, 0.1) is 0 Å². The largest absolute Gasteiger partial charge is 0.497 e. The second-order valence-corrected chi connectivity index (χ2v) is 25.7. The minimum atomic E-state index is -2.84. The number of rotatable bonds is 11. The molecule has 0 N–H and O–H groups in total. The highest BCUT2D eigenvalue weighted by atomic mass is 31.1. The molecule has 37 heavy (non-hydrogen) atoms. The van der Waals surface area contributed by atoms with Crippen LogP contribution in [-0.4, -0.2) is 46.5 Å². The molecular formula is C28H41O5PSi3. The Balaban J connectivity index is 2.32. The summed E-state index contributed by atoms with van der Waals surface area (Å²) in [5, 5.41) is 4.83. The second-order valence-electron chi connectivity index (χ2n) is 11.0. The van der Waals surface area contributed by atoms with E-state index in [4.69, 9.17) is 22.4 Å². The van der Waals surface area contributed by atoms with E-state index < -0.39 is 33.1 Å². The molecule has 0 saturated heterocycles. The Morgan fingerprint density at radius 2 is 0.892 bits per heavy atom. The molecule has 3 aromatic carbocycles. The van der Waals surface area contributed by atoms with Crippen molar-refractivity contribution in [3.63, 3.8) is 0 Å². The fourth-order valence-electron chi connectivity index (χ4n) is 4.39. The van der Waals surface area contributed by atoms with Gasteiger partial charge in [-0.1, -0.05) is 30.3 Å². The first-order chi connectivity index (χ1) is 17.3. The number of hydrogen-bond donors (Lipinski definition) is 0. The van der Waals surface area contributed by atoms with E-state index in [1.54, 1.807) is 21.3 Å². The second kappa shape index (κ2) is 11.8. The average Bonchev–Trinajstić information content (AvgIpc) is 2.83. The van der Waals surface area contributed by atoms with Gasteiger partial charge in [-0.3, -0.25) is 0 Å². The molecule has 3 rings (SSSR count). The van der Waals surface area contributed by atoms with Crippen LogP contribution in [0.25, 0.3) is 0 Å². The van der Waals surface area contributed by atoms with Crippen molar-refractivity contribution in [1.29, 1.82) is 0 Å². The lowest BCUT2D eigenvalue weighted by atomic mass is 10.3. The summed E-state index contributed by atoms with van der Waals surface area (Å²) in [6.07, 6.45) is 0. The van der Waals surface area contributed by atoms with E-state index >= 15 is 0 Å². The third-order valence-corrected chi connectivity index (χ3v) is 17.7. The van der Waals surface area contributed by atoms with Gasteiger partial charge < -0.3 is 22.4 Å². The molecule has 0 spiro atoms. The Hall–Kier alpha value is -1.94. The van der Waals surface area contributed by atoms with Crippen LogP contribution in [0.1, 0.15) is 0 Å². The normalized spacial score (nSPS) is 12.5. The molecule has 0 radical (unpaired) electrons. The zero-order valence-corrected chi connectivity index (χ0v) is 27.7. The summed E-state index contributed by atoms with van der Waals surface area (Å²) in [7, 11) is -2.57. The number of methoxy groups -OCH3 is 3. The molecule has 3 aromatic rings. The molecule has 5 nitrogen and oxygen atoms in total. The molecule has 0 atom stereocenters. The first kappa shape index (κ1) is 29.6. The van der Waals surface area contributed by atoms with E-state index in [2.05, 4.69) is 88.3 Å². The summed E-state index contributed by atoms with van der Waals surface area (Å²) >= 11 is 0. The van der Waals surface area contributed by atoms with Gasteiger partial charge in [0.05, 0.1) is 21.3 Å². The lowest BCUT2D eigenvalue weighted by molar-refractivity contribution is 0.402. The maximum absolute atomic E-state index is 7.03. The van der Waals surface area contributed by atoms with Gasteiger partial charge in [-0.25, -0.2) is 0 Å². The van der Waals surface area contributed by atoms with Crippen LogP contribution in [0.5, 0.6) is 17.2 Å². The highest BCUT2D eigenvalue weighted by molar-refractivity contribution is 7.80. The highest BCUT2D eigenvalue weighted by Crippen LogP contribution is 2.36. The summed E-state index contributed by atoms with van der Waals surface area (Å²) in [6, 6.07) is 23.2. The molecule has 200 valence electrons. The Bertz CT molecular complexity index is 1110. The summed E-state index contributed by atoms with van der Waals surface area (Å²) in [5.41, 5.74) is 0. The minimum absolute atomic E-state index is 0.815. The predicted molar refractivity (Wildman–Crippen MR) is 165 cm³/mol. The van der Waals surface area contributed by atoms with E-state index in [0.717, 1.165) is 22.4 Å². The molecule has 0 amide bonds. The van der Waals surface area contributed by atoms with E-state index in [0.29, 0.717) is 0 Å². The quantitative estimate of drug-likeness (QED) is 0.226. The molecule has 0 fully saturated rings. The van der Waals surface area contributed by atoms with Gasteiger partial charge in [-0.15, -0.1) is 0 Å². The first-order valence-corrected chi connectivity index (χ1v) is 22.9. The van der Waals surface area contributed by atoms with Crippen molar-refractivity contribution in [3.05, 3.63) is 66.7 Å². The molecule has 0 saturated carbocycles. The molecule has 0 unspecified atom stereocenters. The van der Waals surface area contributed by atoms with Gasteiger partial charge in [0.15, 0.2) is 16.6 Å². The third-order valence-electron chi connectivity index (χ3n) is 5.60.